The normalized spacial score (nSPS) is 19.3. The van der Waals surface area contributed by atoms with Crippen molar-refractivity contribution in [2.24, 2.45) is 5.73 Å². The molecule has 1 fully saturated rings. The molecule has 0 aromatic heterocycles. The first-order valence-corrected chi connectivity index (χ1v) is 6.43. The van der Waals surface area contributed by atoms with Gasteiger partial charge in [0.25, 0.3) is 5.91 Å². The molecule has 0 aliphatic carbocycles. The van der Waals surface area contributed by atoms with Crippen LogP contribution in [-0.2, 0) is 4.74 Å². The third-order valence-corrected chi connectivity index (χ3v) is 3.43. The zero-order valence-corrected chi connectivity index (χ0v) is 11.5. The summed E-state index contributed by atoms with van der Waals surface area (Å²) in [6, 6.07) is 4.12. The Labute approximate surface area is 120 Å². The Morgan fingerprint density at radius 2 is 2.32 bits per heavy atom. The van der Waals surface area contributed by atoms with Crippen molar-refractivity contribution in [3.05, 3.63) is 34.6 Å². The molecule has 1 amide bonds. The van der Waals surface area contributed by atoms with Crippen molar-refractivity contribution in [3.8, 4) is 0 Å². The maximum Gasteiger partial charge on any atom is 0.258 e. The van der Waals surface area contributed by atoms with Gasteiger partial charge in [-0.05, 0) is 12.1 Å². The van der Waals surface area contributed by atoms with Crippen LogP contribution in [0.2, 0.25) is 5.02 Å². The van der Waals surface area contributed by atoms with Gasteiger partial charge in [0.05, 0.1) is 23.7 Å². The molecule has 1 saturated heterocycles. The molecule has 0 saturated carbocycles. The van der Waals surface area contributed by atoms with Gasteiger partial charge in [0.1, 0.15) is 16.9 Å². The molecule has 1 atom stereocenters. The van der Waals surface area contributed by atoms with E-state index in [0.29, 0.717) is 13.2 Å². The van der Waals surface area contributed by atoms with Crippen molar-refractivity contribution in [1.82, 2.24) is 4.90 Å². The quantitative estimate of drug-likeness (QED) is 0.843. The second kappa shape index (κ2) is 5.81. The fourth-order valence-corrected chi connectivity index (χ4v) is 2.25. The van der Waals surface area contributed by atoms with E-state index in [4.69, 9.17) is 34.3 Å². The molecule has 1 aromatic carbocycles. The van der Waals surface area contributed by atoms with Gasteiger partial charge in [-0.15, -0.1) is 0 Å². The number of carbonyl (C=O) groups is 1. The Hall–Kier alpha value is -1.24. The third-order valence-electron chi connectivity index (χ3n) is 2.85. The molecule has 0 radical (unpaired) electrons. The highest BCUT2D eigenvalue weighted by Crippen LogP contribution is 2.22. The number of halogens is 2. The average molecular weight is 303 g/mol. The Morgan fingerprint density at radius 3 is 2.95 bits per heavy atom. The predicted octanol–water partition coefficient (Wildman–Crippen LogP) is 1.61. The van der Waals surface area contributed by atoms with Crippen molar-refractivity contribution in [1.29, 1.82) is 0 Å². The summed E-state index contributed by atoms with van der Waals surface area (Å²) in [5.41, 5.74) is 5.36. The van der Waals surface area contributed by atoms with Crippen molar-refractivity contribution in [2.45, 2.75) is 6.10 Å². The summed E-state index contributed by atoms with van der Waals surface area (Å²) < 4.78 is 19.0. The summed E-state index contributed by atoms with van der Waals surface area (Å²) in [6.07, 6.45) is -0.502. The first-order chi connectivity index (χ1) is 9.00. The lowest BCUT2D eigenvalue weighted by Crippen LogP contribution is -2.50. The topological polar surface area (TPSA) is 55.6 Å². The molecule has 19 heavy (non-hydrogen) atoms. The van der Waals surface area contributed by atoms with E-state index in [0.717, 1.165) is 0 Å². The summed E-state index contributed by atoms with van der Waals surface area (Å²) in [6.45, 7) is 0.862. The lowest BCUT2D eigenvalue weighted by molar-refractivity contribution is 0.00857. The standard InChI is InChI=1S/C12H12ClFN2O2S/c13-7-2-1-3-8(14)10(7)12(17)16-4-5-18-9(6-16)11(15)19/h1-3,9H,4-6H2,(H2,15,19). The minimum Gasteiger partial charge on any atom is -0.391 e. The molecule has 0 spiro atoms. The second-order valence-electron chi connectivity index (χ2n) is 4.11. The lowest BCUT2D eigenvalue weighted by atomic mass is 10.1. The maximum absolute atomic E-state index is 13.7. The molecule has 1 aromatic rings. The smallest absolute Gasteiger partial charge is 0.258 e. The second-order valence-corrected chi connectivity index (χ2v) is 4.99. The number of ether oxygens (including phenoxy) is 1. The van der Waals surface area contributed by atoms with Gasteiger partial charge in [-0.1, -0.05) is 29.9 Å². The maximum atomic E-state index is 13.7. The first kappa shape index (κ1) is 14.2. The van der Waals surface area contributed by atoms with Crippen LogP contribution in [0.5, 0.6) is 0 Å². The SMILES string of the molecule is NC(=S)C1CN(C(=O)c2c(F)cccc2Cl)CCO1. The lowest BCUT2D eigenvalue weighted by Gasteiger charge is -2.32. The van der Waals surface area contributed by atoms with Crippen LogP contribution in [0.3, 0.4) is 0 Å². The first-order valence-electron chi connectivity index (χ1n) is 5.65. The van der Waals surface area contributed by atoms with E-state index >= 15 is 0 Å². The van der Waals surface area contributed by atoms with Crippen LogP contribution in [0.4, 0.5) is 4.39 Å². The van der Waals surface area contributed by atoms with Crippen molar-refractivity contribution in [3.63, 3.8) is 0 Å². The van der Waals surface area contributed by atoms with E-state index in [2.05, 4.69) is 0 Å². The summed E-state index contributed by atoms with van der Waals surface area (Å²) >= 11 is 10.7. The molecule has 7 heteroatoms. The van der Waals surface area contributed by atoms with E-state index in [-0.39, 0.29) is 22.1 Å². The summed E-state index contributed by atoms with van der Waals surface area (Å²) in [5, 5.41) is 0.0865. The third kappa shape index (κ3) is 3.02. The van der Waals surface area contributed by atoms with Crippen LogP contribution >= 0.6 is 23.8 Å². The number of rotatable bonds is 2. The van der Waals surface area contributed by atoms with Crippen LogP contribution in [0, 0.1) is 5.82 Å². The molecule has 1 unspecified atom stereocenters. The number of thiocarbonyl (C=S) groups is 1. The number of hydrogen-bond acceptors (Lipinski definition) is 3. The summed E-state index contributed by atoms with van der Waals surface area (Å²) in [5.74, 6) is -1.12. The van der Waals surface area contributed by atoms with Gasteiger partial charge in [0.2, 0.25) is 0 Å². The summed E-state index contributed by atoms with van der Waals surface area (Å²) in [7, 11) is 0. The number of nitrogens with zero attached hydrogens (tertiary/aromatic N) is 1. The molecule has 1 aliphatic heterocycles. The van der Waals surface area contributed by atoms with Gasteiger partial charge in [0.15, 0.2) is 0 Å². The Kier molecular flexibility index (Phi) is 4.34. The molecule has 4 nitrogen and oxygen atoms in total. The highest BCUT2D eigenvalue weighted by molar-refractivity contribution is 7.80. The molecule has 1 heterocycles. The molecule has 2 rings (SSSR count). The molecule has 0 bridgehead atoms. The largest absolute Gasteiger partial charge is 0.391 e. The number of carbonyl (C=O) groups excluding carboxylic acids is 1. The molecule has 2 N–H and O–H groups in total. The van der Waals surface area contributed by atoms with Crippen molar-refractivity contribution < 1.29 is 13.9 Å². The van der Waals surface area contributed by atoms with Crippen LogP contribution in [0.15, 0.2) is 18.2 Å². The number of morpholine rings is 1. The zero-order valence-electron chi connectivity index (χ0n) is 9.94. The van der Waals surface area contributed by atoms with Gasteiger partial charge in [-0.3, -0.25) is 4.79 Å². The van der Waals surface area contributed by atoms with E-state index in [1.165, 1.54) is 23.1 Å². The monoisotopic (exact) mass is 302 g/mol. The number of amides is 1. The van der Waals surface area contributed by atoms with E-state index in [9.17, 15) is 9.18 Å². The van der Waals surface area contributed by atoms with Crippen LogP contribution in [0.1, 0.15) is 10.4 Å². The molecular formula is C12H12ClFN2O2S. The fourth-order valence-electron chi connectivity index (χ4n) is 1.87. The van der Waals surface area contributed by atoms with Crippen LogP contribution in [0.25, 0.3) is 0 Å². The molecular weight excluding hydrogens is 291 g/mol. The Balaban J connectivity index is 2.22. The van der Waals surface area contributed by atoms with Gasteiger partial charge >= 0.3 is 0 Å². The predicted molar refractivity (Wildman–Crippen MR) is 73.8 cm³/mol. The van der Waals surface area contributed by atoms with Gasteiger partial charge in [0, 0.05) is 6.54 Å². The van der Waals surface area contributed by atoms with Gasteiger partial charge in [-0.2, -0.15) is 0 Å². The Bertz CT molecular complexity index is 506. The van der Waals surface area contributed by atoms with Crippen LogP contribution < -0.4 is 5.73 Å². The average Bonchev–Trinajstić information content (AvgIpc) is 2.38. The number of nitrogens with two attached hydrogens (primary N) is 1. The number of hydrogen-bond donors (Lipinski definition) is 1. The Morgan fingerprint density at radius 1 is 1.58 bits per heavy atom. The minimum atomic E-state index is -0.643. The van der Waals surface area contributed by atoms with Crippen molar-refractivity contribution in [2.75, 3.05) is 19.7 Å². The highest BCUT2D eigenvalue weighted by Gasteiger charge is 2.29. The van der Waals surface area contributed by atoms with Crippen molar-refractivity contribution >= 4 is 34.7 Å². The van der Waals surface area contributed by atoms with E-state index in [1.807, 2.05) is 0 Å². The summed E-state index contributed by atoms with van der Waals surface area (Å²) in [4.78, 5) is 13.9. The molecule has 102 valence electrons. The highest BCUT2D eigenvalue weighted by atomic mass is 35.5. The minimum absolute atomic E-state index is 0.0865. The van der Waals surface area contributed by atoms with E-state index in [1.54, 1.807) is 0 Å². The fraction of sp³-hybridized carbons (Fsp3) is 0.333. The molecule has 1 aliphatic rings. The van der Waals surface area contributed by atoms with E-state index < -0.39 is 17.8 Å². The van der Waals surface area contributed by atoms with Gasteiger partial charge in [-0.25, -0.2) is 4.39 Å². The number of benzene rings is 1. The van der Waals surface area contributed by atoms with Crippen LogP contribution in [-0.4, -0.2) is 41.6 Å². The zero-order chi connectivity index (χ0) is 14.0. The van der Waals surface area contributed by atoms with Gasteiger partial charge < -0.3 is 15.4 Å².